The van der Waals surface area contributed by atoms with Gasteiger partial charge in [0.2, 0.25) is 5.88 Å². The first-order chi connectivity index (χ1) is 11.4. The molecule has 8 heteroatoms. The number of ether oxygens (including phenoxy) is 2. The zero-order valence-corrected chi connectivity index (χ0v) is 13.1. The molecule has 2 aliphatic heterocycles. The minimum Gasteiger partial charge on any atom is -0.472 e. The van der Waals surface area contributed by atoms with Crippen molar-refractivity contribution >= 4 is 5.91 Å². The van der Waals surface area contributed by atoms with Gasteiger partial charge in [-0.2, -0.15) is 13.2 Å². The number of alkyl halides is 3. The van der Waals surface area contributed by atoms with E-state index in [0.29, 0.717) is 24.7 Å². The van der Waals surface area contributed by atoms with Gasteiger partial charge in [0.1, 0.15) is 6.10 Å². The summed E-state index contributed by atoms with van der Waals surface area (Å²) in [5.41, 5.74) is 0.379. The number of carbonyl (C=O) groups excluding carboxylic acids is 1. The molecule has 3 rings (SSSR count). The number of piperidine rings is 1. The summed E-state index contributed by atoms with van der Waals surface area (Å²) in [7, 11) is 0. The lowest BCUT2D eigenvalue weighted by Gasteiger charge is -2.33. The van der Waals surface area contributed by atoms with E-state index in [0.717, 1.165) is 6.42 Å². The molecule has 3 heterocycles. The van der Waals surface area contributed by atoms with Gasteiger partial charge in [0.25, 0.3) is 5.91 Å². The third-order valence-corrected chi connectivity index (χ3v) is 4.40. The van der Waals surface area contributed by atoms with Crippen LogP contribution in [0.1, 0.15) is 29.6 Å². The maximum atomic E-state index is 12.7. The molecule has 0 spiro atoms. The van der Waals surface area contributed by atoms with Crippen molar-refractivity contribution in [2.24, 2.45) is 5.92 Å². The average molecular weight is 344 g/mol. The van der Waals surface area contributed by atoms with E-state index >= 15 is 0 Å². The Morgan fingerprint density at radius 2 is 2.04 bits per heavy atom. The molecule has 0 radical (unpaired) electrons. The van der Waals surface area contributed by atoms with E-state index in [-0.39, 0.29) is 37.9 Å². The van der Waals surface area contributed by atoms with Crippen molar-refractivity contribution in [2.75, 3.05) is 26.3 Å². The summed E-state index contributed by atoms with van der Waals surface area (Å²) in [4.78, 5) is 18.0. The predicted molar refractivity (Wildman–Crippen MR) is 78.8 cm³/mol. The van der Waals surface area contributed by atoms with Gasteiger partial charge in [-0.3, -0.25) is 4.79 Å². The van der Waals surface area contributed by atoms with Crippen LogP contribution in [0, 0.1) is 5.92 Å². The molecular weight excluding hydrogens is 325 g/mol. The number of likely N-dealkylation sites (tertiary alicyclic amines) is 1. The maximum absolute atomic E-state index is 12.7. The fraction of sp³-hybridized carbons (Fsp3) is 0.625. The zero-order chi connectivity index (χ0) is 17.2. The molecule has 1 aromatic heterocycles. The number of hydrogen-bond acceptors (Lipinski definition) is 4. The van der Waals surface area contributed by atoms with Gasteiger partial charge in [-0.05, 0) is 18.9 Å². The van der Waals surface area contributed by atoms with Crippen LogP contribution in [-0.4, -0.2) is 54.4 Å². The van der Waals surface area contributed by atoms with Gasteiger partial charge in [-0.15, -0.1) is 0 Å². The van der Waals surface area contributed by atoms with Gasteiger partial charge >= 0.3 is 6.18 Å². The van der Waals surface area contributed by atoms with Crippen molar-refractivity contribution < 1.29 is 27.4 Å². The molecular formula is C16H19F3N2O3. The Hall–Kier alpha value is -1.83. The van der Waals surface area contributed by atoms with E-state index < -0.39 is 12.1 Å². The van der Waals surface area contributed by atoms with E-state index in [1.165, 1.54) is 17.2 Å². The number of halogens is 3. The molecule has 0 N–H and O–H groups in total. The lowest BCUT2D eigenvalue weighted by Crippen LogP contribution is -2.42. The molecule has 1 atom stereocenters. The average Bonchev–Trinajstić information content (AvgIpc) is 3.07. The topological polar surface area (TPSA) is 51.7 Å². The van der Waals surface area contributed by atoms with E-state index in [1.807, 2.05) is 0 Å². The molecule has 5 nitrogen and oxygen atoms in total. The minimum atomic E-state index is -4.18. The lowest BCUT2D eigenvalue weighted by atomic mass is 9.96. The van der Waals surface area contributed by atoms with Crippen LogP contribution < -0.4 is 4.74 Å². The molecule has 0 aliphatic carbocycles. The van der Waals surface area contributed by atoms with Crippen molar-refractivity contribution in [3.8, 4) is 5.88 Å². The minimum absolute atomic E-state index is 0.0525. The van der Waals surface area contributed by atoms with Gasteiger partial charge in [0.15, 0.2) is 0 Å². The second kappa shape index (κ2) is 6.96. The van der Waals surface area contributed by atoms with E-state index in [2.05, 4.69) is 4.98 Å². The monoisotopic (exact) mass is 344 g/mol. The van der Waals surface area contributed by atoms with Crippen molar-refractivity contribution in [3.63, 3.8) is 0 Å². The second-order valence-corrected chi connectivity index (χ2v) is 6.09. The predicted octanol–water partition coefficient (Wildman–Crippen LogP) is 2.66. The van der Waals surface area contributed by atoms with Crippen LogP contribution in [0.25, 0.3) is 0 Å². The first kappa shape index (κ1) is 17.0. The van der Waals surface area contributed by atoms with Crippen LogP contribution >= 0.6 is 0 Å². The van der Waals surface area contributed by atoms with Crippen molar-refractivity contribution in [2.45, 2.75) is 31.5 Å². The Morgan fingerprint density at radius 1 is 1.29 bits per heavy atom. The maximum Gasteiger partial charge on any atom is 0.391 e. The van der Waals surface area contributed by atoms with Gasteiger partial charge in [-0.25, -0.2) is 4.98 Å². The Morgan fingerprint density at radius 3 is 2.67 bits per heavy atom. The number of carbonyl (C=O) groups is 1. The molecule has 0 unspecified atom stereocenters. The molecule has 1 aromatic rings. The van der Waals surface area contributed by atoms with Crippen LogP contribution in [0.4, 0.5) is 13.2 Å². The number of pyridine rings is 1. The van der Waals surface area contributed by atoms with Crippen LogP contribution in [0.5, 0.6) is 5.88 Å². The Labute approximate surface area is 137 Å². The Bertz CT molecular complexity index is 580. The molecule has 2 saturated heterocycles. The SMILES string of the molecule is O=C(c1ccnc(O[C@@H]2CCOC2)c1)N1CCC(C(F)(F)F)CC1. The Balaban J connectivity index is 1.61. The highest BCUT2D eigenvalue weighted by atomic mass is 19.4. The van der Waals surface area contributed by atoms with Gasteiger partial charge in [0, 0.05) is 37.3 Å². The fourth-order valence-corrected chi connectivity index (χ4v) is 2.98. The van der Waals surface area contributed by atoms with Crippen molar-refractivity contribution in [1.29, 1.82) is 0 Å². The highest BCUT2D eigenvalue weighted by Gasteiger charge is 2.41. The third-order valence-electron chi connectivity index (χ3n) is 4.40. The van der Waals surface area contributed by atoms with Crippen molar-refractivity contribution in [1.82, 2.24) is 9.88 Å². The Kier molecular flexibility index (Phi) is 4.93. The molecule has 0 bridgehead atoms. The van der Waals surface area contributed by atoms with Crippen molar-refractivity contribution in [3.05, 3.63) is 23.9 Å². The largest absolute Gasteiger partial charge is 0.472 e. The second-order valence-electron chi connectivity index (χ2n) is 6.09. The first-order valence-electron chi connectivity index (χ1n) is 8.00. The summed E-state index contributed by atoms with van der Waals surface area (Å²) >= 11 is 0. The van der Waals surface area contributed by atoms with E-state index in [1.54, 1.807) is 6.07 Å². The smallest absolute Gasteiger partial charge is 0.391 e. The van der Waals surface area contributed by atoms with Crippen LogP contribution in [0.3, 0.4) is 0 Å². The summed E-state index contributed by atoms with van der Waals surface area (Å²) in [6.45, 7) is 1.35. The summed E-state index contributed by atoms with van der Waals surface area (Å²) in [5, 5.41) is 0. The standard InChI is InChI=1S/C16H19F3N2O3/c17-16(18,19)12-2-6-21(7-3-12)15(22)11-1-5-20-14(9-11)24-13-4-8-23-10-13/h1,5,9,12-13H,2-4,6-8,10H2/t13-/m1/s1. The number of aromatic nitrogens is 1. The summed E-state index contributed by atoms with van der Waals surface area (Å²) in [6, 6.07) is 3.09. The van der Waals surface area contributed by atoms with Crippen LogP contribution in [-0.2, 0) is 4.74 Å². The van der Waals surface area contributed by atoms with Gasteiger partial charge in [-0.1, -0.05) is 0 Å². The highest BCUT2D eigenvalue weighted by Crippen LogP contribution is 2.34. The third kappa shape index (κ3) is 3.98. The number of hydrogen-bond donors (Lipinski definition) is 0. The molecule has 24 heavy (non-hydrogen) atoms. The highest BCUT2D eigenvalue weighted by molar-refractivity contribution is 5.94. The quantitative estimate of drug-likeness (QED) is 0.846. The summed E-state index contributed by atoms with van der Waals surface area (Å²) in [6.07, 6.45) is -2.13. The van der Waals surface area contributed by atoms with Gasteiger partial charge in [0.05, 0.1) is 19.1 Å². The molecule has 1 amide bonds. The number of nitrogens with zero attached hydrogens (tertiary/aromatic N) is 2. The number of rotatable bonds is 3. The van der Waals surface area contributed by atoms with Gasteiger partial charge < -0.3 is 14.4 Å². The normalized spacial score (nSPS) is 22.6. The van der Waals surface area contributed by atoms with Crippen LogP contribution in [0.2, 0.25) is 0 Å². The molecule has 2 aliphatic rings. The first-order valence-corrected chi connectivity index (χ1v) is 8.00. The number of amides is 1. The fourth-order valence-electron chi connectivity index (χ4n) is 2.98. The molecule has 0 aromatic carbocycles. The summed E-state index contributed by atoms with van der Waals surface area (Å²) < 4.78 is 49.0. The van der Waals surface area contributed by atoms with Crippen LogP contribution in [0.15, 0.2) is 18.3 Å². The molecule has 2 fully saturated rings. The van der Waals surface area contributed by atoms with E-state index in [9.17, 15) is 18.0 Å². The zero-order valence-electron chi connectivity index (χ0n) is 13.1. The lowest BCUT2D eigenvalue weighted by molar-refractivity contribution is -0.183. The molecule has 132 valence electrons. The van der Waals surface area contributed by atoms with E-state index in [4.69, 9.17) is 9.47 Å². The summed E-state index contributed by atoms with van der Waals surface area (Å²) in [5.74, 6) is -1.27. The molecule has 0 saturated carbocycles.